The summed E-state index contributed by atoms with van der Waals surface area (Å²) < 4.78 is 2.08. The van der Waals surface area contributed by atoms with Gasteiger partial charge >= 0.3 is 0 Å². The standard InChI is InChI=1S/C28H27ClN8O2/c1-36(2)27(39)22-12-15-14-31-28(35-26(15)37(22)17-6-3-4-7-17)32-16-10-11-18(20(29)13-16)25-33-21-9-5-8-19(24(30)38)23(21)34-25/h5,8-14,17H,3-4,6-7H2,1-2H3,(H2,30,38)(H,33,34)(H,31,32,35). The molecule has 0 saturated heterocycles. The van der Waals surface area contributed by atoms with E-state index >= 15 is 0 Å². The predicted molar refractivity (Wildman–Crippen MR) is 151 cm³/mol. The van der Waals surface area contributed by atoms with Crippen LogP contribution in [0.3, 0.4) is 0 Å². The Morgan fingerprint density at radius 2 is 1.92 bits per heavy atom. The number of para-hydroxylation sites is 1. The van der Waals surface area contributed by atoms with Crippen LogP contribution >= 0.6 is 11.6 Å². The highest BCUT2D eigenvalue weighted by Gasteiger charge is 2.26. The SMILES string of the molecule is CN(C)C(=O)c1cc2cnc(Nc3ccc(-c4nc5c(C(N)=O)cccc5[nH]4)c(Cl)c3)nc2n1C1CCCC1. The van der Waals surface area contributed by atoms with E-state index in [0.717, 1.165) is 36.7 Å². The molecule has 198 valence electrons. The molecule has 5 aromatic rings. The van der Waals surface area contributed by atoms with Gasteiger partial charge in [-0.1, -0.05) is 30.5 Å². The van der Waals surface area contributed by atoms with Gasteiger partial charge in [-0.05, 0) is 49.2 Å². The number of carbonyl (C=O) groups excluding carboxylic acids is 2. The van der Waals surface area contributed by atoms with Crippen molar-refractivity contribution >= 4 is 57.1 Å². The van der Waals surface area contributed by atoms with Crippen LogP contribution in [0.15, 0.2) is 48.7 Å². The number of halogens is 1. The second-order valence-corrected chi connectivity index (χ2v) is 10.4. The number of primary amides is 1. The van der Waals surface area contributed by atoms with Crippen molar-refractivity contribution < 1.29 is 9.59 Å². The Labute approximate surface area is 229 Å². The largest absolute Gasteiger partial charge is 0.366 e. The number of hydrogen-bond acceptors (Lipinski definition) is 6. The van der Waals surface area contributed by atoms with Crippen molar-refractivity contribution in [3.63, 3.8) is 0 Å². The molecular formula is C28H27ClN8O2. The third-order valence-corrected chi connectivity index (χ3v) is 7.46. The average Bonchev–Trinajstić information content (AvgIpc) is 3.65. The van der Waals surface area contributed by atoms with Gasteiger partial charge in [-0.25, -0.2) is 9.97 Å². The molecule has 2 aromatic carbocycles. The molecule has 0 spiro atoms. The van der Waals surface area contributed by atoms with E-state index < -0.39 is 5.91 Å². The Bertz CT molecular complexity index is 1750. The van der Waals surface area contributed by atoms with Gasteiger partial charge in [0.2, 0.25) is 5.95 Å². The molecule has 0 atom stereocenters. The zero-order valence-electron chi connectivity index (χ0n) is 21.5. The van der Waals surface area contributed by atoms with Crippen LogP contribution in [0.1, 0.15) is 52.6 Å². The van der Waals surface area contributed by atoms with Crippen molar-refractivity contribution in [2.45, 2.75) is 31.7 Å². The van der Waals surface area contributed by atoms with Crippen molar-refractivity contribution in [2.24, 2.45) is 5.73 Å². The Morgan fingerprint density at radius 3 is 2.64 bits per heavy atom. The van der Waals surface area contributed by atoms with E-state index in [1.54, 1.807) is 43.4 Å². The Balaban J connectivity index is 1.33. The average molecular weight is 543 g/mol. The van der Waals surface area contributed by atoms with Crippen LogP contribution in [-0.4, -0.2) is 55.3 Å². The number of nitrogens with one attached hydrogen (secondary N) is 2. The number of aromatic amines is 1. The number of H-pyrrole nitrogens is 1. The lowest BCUT2D eigenvalue weighted by molar-refractivity contribution is 0.0815. The minimum atomic E-state index is -0.543. The number of anilines is 2. The van der Waals surface area contributed by atoms with E-state index in [9.17, 15) is 9.59 Å². The van der Waals surface area contributed by atoms with Gasteiger partial charge in [0, 0.05) is 43.0 Å². The second kappa shape index (κ2) is 9.70. The molecule has 1 aliphatic carbocycles. The number of nitrogens with two attached hydrogens (primary N) is 1. The molecule has 2 amide bonds. The van der Waals surface area contributed by atoms with Crippen molar-refractivity contribution in [1.82, 2.24) is 29.4 Å². The van der Waals surface area contributed by atoms with Crippen LogP contribution in [0, 0.1) is 0 Å². The number of benzene rings is 2. The van der Waals surface area contributed by atoms with Crippen LogP contribution in [-0.2, 0) is 0 Å². The zero-order chi connectivity index (χ0) is 27.3. The van der Waals surface area contributed by atoms with Gasteiger partial charge in [-0.3, -0.25) is 9.59 Å². The topological polar surface area (TPSA) is 135 Å². The molecule has 0 radical (unpaired) electrons. The fraction of sp³-hybridized carbons (Fsp3) is 0.250. The fourth-order valence-electron chi connectivity index (χ4n) is 5.27. The Morgan fingerprint density at radius 1 is 1.13 bits per heavy atom. The lowest BCUT2D eigenvalue weighted by atomic mass is 10.2. The summed E-state index contributed by atoms with van der Waals surface area (Å²) >= 11 is 6.66. The van der Waals surface area contributed by atoms with E-state index in [-0.39, 0.29) is 11.9 Å². The molecule has 4 N–H and O–H groups in total. The highest BCUT2D eigenvalue weighted by atomic mass is 35.5. The van der Waals surface area contributed by atoms with E-state index in [2.05, 4.69) is 24.8 Å². The predicted octanol–water partition coefficient (Wildman–Crippen LogP) is 5.29. The molecule has 0 aliphatic heterocycles. The smallest absolute Gasteiger partial charge is 0.270 e. The van der Waals surface area contributed by atoms with Crippen LogP contribution < -0.4 is 11.1 Å². The summed E-state index contributed by atoms with van der Waals surface area (Å²) in [5.41, 5.74) is 9.77. The Kier molecular flexibility index (Phi) is 6.19. The highest BCUT2D eigenvalue weighted by Crippen LogP contribution is 2.35. The number of nitrogens with zero attached hydrogens (tertiary/aromatic N) is 5. The molecule has 3 aromatic heterocycles. The highest BCUT2D eigenvalue weighted by molar-refractivity contribution is 6.33. The lowest BCUT2D eigenvalue weighted by Crippen LogP contribution is -2.25. The normalized spacial score (nSPS) is 13.8. The molecule has 1 fully saturated rings. The molecule has 11 heteroatoms. The van der Waals surface area contributed by atoms with Gasteiger partial charge in [-0.2, -0.15) is 4.98 Å². The summed E-state index contributed by atoms with van der Waals surface area (Å²) in [6, 6.07) is 12.8. The first kappa shape index (κ1) is 24.9. The molecule has 39 heavy (non-hydrogen) atoms. The van der Waals surface area contributed by atoms with E-state index in [1.165, 1.54) is 0 Å². The summed E-state index contributed by atoms with van der Waals surface area (Å²) in [6.07, 6.45) is 6.05. The summed E-state index contributed by atoms with van der Waals surface area (Å²) in [5, 5.41) is 4.52. The molecule has 10 nitrogen and oxygen atoms in total. The third kappa shape index (κ3) is 4.46. The van der Waals surface area contributed by atoms with Gasteiger partial charge in [0.15, 0.2) is 0 Å². The number of amides is 2. The Hall–Kier alpha value is -4.44. The minimum Gasteiger partial charge on any atom is -0.366 e. The number of fused-ring (bicyclic) bond motifs is 2. The molecular weight excluding hydrogens is 516 g/mol. The van der Waals surface area contributed by atoms with Gasteiger partial charge < -0.3 is 25.5 Å². The number of rotatable bonds is 6. The van der Waals surface area contributed by atoms with Crippen molar-refractivity contribution in [1.29, 1.82) is 0 Å². The zero-order valence-corrected chi connectivity index (χ0v) is 22.3. The quantitative estimate of drug-likeness (QED) is 0.267. The summed E-state index contributed by atoms with van der Waals surface area (Å²) in [4.78, 5) is 43.4. The molecule has 3 heterocycles. The maximum atomic E-state index is 13.0. The first-order valence-electron chi connectivity index (χ1n) is 12.8. The van der Waals surface area contributed by atoms with Crippen LogP contribution in [0.4, 0.5) is 11.6 Å². The van der Waals surface area contributed by atoms with Crippen molar-refractivity contribution in [2.75, 3.05) is 19.4 Å². The summed E-state index contributed by atoms with van der Waals surface area (Å²) in [6.45, 7) is 0. The minimum absolute atomic E-state index is 0.0506. The lowest BCUT2D eigenvalue weighted by Gasteiger charge is -2.19. The molecule has 0 bridgehead atoms. The molecule has 1 aliphatic rings. The van der Waals surface area contributed by atoms with Crippen molar-refractivity contribution in [3.8, 4) is 11.4 Å². The van der Waals surface area contributed by atoms with Crippen LogP contribution in [0.2, 0.25) is 5.02 Å². The van der Waals surface area contributed by atoms with E-state index in [4.69, 9.17) is 22.3 Å². The van der Waals surface area contributed by atoms with E-state index in [0.29, 0.717) is 50.3 Å². The fourth-order valence-corrected chi connectivity index (χ4v) is 5.54. The summed E-state index contributed by atoms with van der Waals surface area (Å²) in [7, 11) is 3.51. The van der Waals surface area contributed by atoms with E-state index in [1.807, 2.05) is 24.3 Å². The van der Waals surface area contributed by atoms with Gasteiger partial charge in [-0.15, -0.1) is 0 Å². The number of imidazole rings is 1. The van der Waals surface area contributed by atoms with Crippen molar-refractivity contribution in [3.05, 3.63) is 64.9 Å². The first-order valence-corrected chi connectivity index (χ1v) is 13.1. The van der Waals surface area contributed by atoms with Gasteiger partial charge in [0.1, 0.15) is 22.7 Å². The monoisotopic (exact) mass is 542 g/mol. The maximum absolute atomic E-state index is 13.0. The molecule has 6 rings (SSSR count). The number of hydrogen-bond donors (Lipinski definition) is 3. The van der Waals surface area contributed by atoms with Gasteiger partial charge in [0.25, 0.3) is 11.8 Å². The molecule has 0 unspecified atom stereocenters. The van der Waals surface area contributed by atoms with Crippen LogP contribution in [0.25, 0.3) is 33.5 Å². The summed E-state index contributed by atoms with van der Waals surface area (Å²) in [5.74, 6) is 0.339. The second-order valence-electron chi connectivity index (χ2n) is 9.98. The number of carbonyl (C=O) groups is 2. The number of aromatic nitrogens is 5. The first-order chi connectivity index (χ1) is 18.8. The van der Waals surface area contributed by atoms with Crippen LogP contribution in [0.5, 0.6) is 0 Å². The molecule has 1 saturated carbocycles. The van der Waals surface area contributed by atoms with Gasteiger partial charge in [0.05, 0.1) is 16.1 Å². The maximum Gasteiger partial charge on any atom is 0.270 e. The third-order valence-electron chi connectivity index (χ3n) is 7.15.